The molecule has 3 aromatic heterocycles. The molecule has 5 rings (SSSR count). The summed E-state index contributed by atoms with van der Waals surface area (Å²) in [6.45, 7) is 5.60. The molecule has 34 heavy (non-hydrogen) atoms. The molecule has 176 valence electrons. The van der Waals surface area contributed by atoms with Crippen molar-refractivity contribution in [2.24, 2.45) is 0 Å². The minimum Gasteiger partial charge on any atom is -0.379 e. The van der Waals surface area contributed by atoms with Gasteiger partial charge >= 0.3 is 0 Å². The molecule has 0 unspecified atom stereocenters. The second-order valence-electron chi connectivity index (χ2n) is 8.55. The fourth-order valence-electron chi connectivity index (χ4n) is 4.58. The second-order valence-corrected chi connectivity index (χ2v) is 8.55. The maximum absolute atomic E-state index is 11.9. The van der Waals surface area contributed by atoms with Gasteiger partial charge in [0.1, 0.15) is 11.5 Å². The van der Waals surface area contributed by atoms with E-state index in [4.69, 9.17) is 14.7 Å². The van der Waals surface area contributed by atoms with E-state index in [1.165, 1.54) is 0 Å². The van der Waals surface area contributed by atoms with Crippen molar-refractivity contribution in [2.75, 3.05) is 51.3 Å². The maximum atomic E-state index is 11.9. The summed E-state index contributed by atoms with van der Waals surface area (Å²) in [5.41, 5.74) is 2.91. The Labute approximate surface area is 199 Å². The first kappa shape index (κ1) is 22.4. The average Bonchev–Trinajstić information content (AvgIpc) is 2.93. The quantitative estimate of drug-likeness (QED) is 0.621. The van der Waals surface area contributed by atoms with E-state index in [-0.39, 0.29) is 5.91 Å². The molecule has 0 spiro atoms. The summed E-state index contributed by atoms with van der Waals surface area (Å²) in [7, 11) is 1.60. The molecule has 2 saturated heterocycles. The fourth-order valence-corrected chi connectivity index (χ4v) is 4.58. The molecule has 0 radical (unpaired) electrons. The van der Waals surface area contributed by atoms with Crippen LogP contribution in [0.2, 0.25) is 0 Å². The Morgan fingerprint density at radius 3 is 2.44 bits per heavy atom. The van der Waals surface area contributed by atoms with E-state index in [0.29, 0.717) is 17.6 Å². The van der Waals surface area contributed by atoms with Gasteiger partial charge < -0.3 is 15.0 Å². The molecule has 1 amide bonds. The molecule has 2 aliphatic heterocycles. The molecule has 0 aromatic carbocycles. The van der Waals surface area contributed by atoms with Crippen LogP contribution in [-0.2, 0) is 4.74 Å². The number of ether oxygens (including phenoxy) is 1. The Morgan fingerprint density at radius 1 is 1.00 bits per heavy atom. The minimum absolute atomic E-state index is 0.212. The van der Waals surface area contributed by atoms with Crippen molar-refractivity contribution in [3.05, 3.63) is 54.6 Å². The Bertz CT molecular complexity index is 1110. The van der Waals surface area contributed by atoms with Crippen molar-refractivity contribution in [3.63, 3.8) is 0 Å². The van der Waals surface area contributed by atoms with Crippen molar-refractivity contribution in [3.8, 4) is 22.6 Å². The first-order chi connectivity index (χ1) is 16.7. The molecular formula is C25H29N7O2. The zero-order valence-electron chi connectivity index (χ0n) is 19.4. The van der Waals surface area contributed by atoms with Crippen LogP contribution in [0, 0.1) is 0 Å². The zero-order chi connectivity index (χ0) is 23.3. The van der Waals surface area contributed by atoms with Gasteiger partial charge in [0, 0.05) is 75.1 Å². The van der Waals surface area contributed by atoms with Crippen molar-refractivity contribution in [2.45, 2.75) is 18.9 Å². The lowest BCUT2D eigenvalue weighted by atomic mass is 10.0. The minimum atomic E-state index is -0.212. The molecular weight excluding hydrogens is 430 g/mol. The molecule has 0 aliphatic carbocycles. The standard InChI is InChI=1S/C25H29N7O2/c1-26-25(33)21-3-2-19(17-28-21)22-16-23(30-24(29-22)18-4-8-27-9-5-18)32-10-6-20(7-11-32)31-12-14-34-15-13-31/h2-5,8-9,16-17,20H,6-7,10-15H2,1H3,(H,26,33). The predicted octanol–water partition coefficient (Wildman–Crippen LogP) is 2.26. The highest BCUT2D eigenvalue weighted by molar-refractivity contribution is 5.92. The van der Waals surface area contributed by atoms with E-state index in [1.54, 1.807) is 31.7 Å². The number of rotatable bonds is 5. The number of pyridine rings is 2. The average molecular weight is 460 g/mol. The predicted molar refractivity (Wildman–Crippen MR) is 130 cm³/mol. The van der Waals surface area contributed by atoms with Crippen LogP contribution in [-0.4, -0.2) is 83.2 Å². The number of nitrogens with one attached hydrogen (secondary N) is 1. The number of carbonyl (C=O) groups is 1. The molecule has 5 heterocycles. The molecule has 0 atom stereocenters. The highest BCUT2D eigenvalue weighted by Crippen LogP contribution is 2.28. The molecule has 2 aliphatic rings. The molecule has 1 N–H and O–H groups in total. The van der Waals surface area contributed by atoms with Crippen LogP contribution >= 0.6 is 0 Å². The highest BCUT2D eigenvalue weighted by Gasteiger charge is 2.27. The first-order valence-corrected chi connectivity index (χ1v) is 11.8. The lowest BCUT2D eigenvalue weighted by molar-refractivity contribution is 0.0115. The van der Waals surface area contributed by atoms with Crippen LogP contribution in [0.5, 0.6) is 0 Å². The summed E-state index contributed by atoms with van der Waals surface area (Å²) in [5.74, 6) is 1.35. The van der Waals surface area contributed by atoms with Crippen molar-refractivity contribution in [1.29, 1.82) is 0 Å². The molecule has 9 nitrogen and oxygen atoms in total. The van der Waals surface area contributed by atoms with Crippen LogP contribution < -0.4 is 10.2 Å². The topological polar surface area (TPSA) is 96.4 Å². The van der Waals surface area contributed by atoms with Crippen LogP contribution in [0.4, 0.5) is 5.82 Å². The number of carbonyl (C=O) groups excluding carboxylic acids is 1. The van der Waals surface area contributed by atoms with Crippen LogP contribution in [0.3, 0.4) is 0 Å². The van der Waals surface area contributed by atoms with Gasteiger partial charge in [0.15, 0.2) is 5.82 Å². The second kappa shape index (κ2) is 10.2. The number of hydrogen-bond donors (Lipinski definition) is 1. The summed E-state index contributed by atoms with van der Waals surface area (Å²) in [4.78, 5) is 35.0. The lowest BCUT2D eigenvalue weighted by Gasteiger charge is -2.40. The van der Waals surface area contributed by atoms with Gasteiger partial charge in [-0.3, -0.25) is 19.7 Å². The Balaban J connectivity index is 1.42. The van der Waals surface area contributed by atoms with Crippen LogP contribution in [0.1, 0.15) is 23.3 Å². The van der Waals surface area contributed by atoms with Gasteiger partial charge in [0.25, 0.3) is 5.91 Å². The van der Waals surface area contributed by atoms with E-state index in [9.17, 15) is 4.79 Å². The van der Waals surface area contributed by atoms with Gasteiger partial charge in [0.2, 0.25) is 0 Å². The molecule has 0 bridgehead atoms. The molecule has 9 heteroatoms. The molecule has 2 fully saturated rings. The fraction of sp³-hybridized carbons (Fsp3) is 0.400. The van der Waals surface area contributed by atoms with Gasteiger partial charge in [-0.25, -0.2) is 9.97 Å². The summed E-state index contributed by atoms with van der Waals surface area (Å²) in [6, 6.07) is 10.1. The Hall–Kier alpha value is -3.43. The number of amides is 1. The highest BCUT2D eigenvalue weighted by atomic mass is 16.5. The van der Waals surface area contributed by atoms with E-state index < -0.39 is 0 Å². The van der Waals surface area contributed by atoms with Gasteiger partial charge in [-0.15, -0.1) is 0 Å². The van der Waals surface area contributed by atoms with Crippen molar-refractivity contribution in [1.82, 2.24) is 30.2 Å². The Kier molecular flexibility index (Phi) is 6.73. The third kappa shape index (κ3) is 4.90. The zero-order valence-corrected chi connectivity index (χ0v) is 19.4. The third-order valence-corrected chi connectivity index (χ3v) is 6.52. The van der Waals surface area contributed by atoms with Gasteiger partial charge in [-0.2, -0.15) is 0 Å². The summed E-state index contributed by atoms with van der Waals surface area (Å²) >= 11 is 0. The van der Waals surface area contributed by atoms with E-state index in [2.05, 4.69) is 25.1 Å². The summed E-state index contributed by atoms with van der Waals surface area (Å²) in [6.07, 6.45) is 7.40. The van der Waals surface area contributed by atoms with E-state index >= 15 is 0 Å². The first-order valence-electron chi connectivity index (χ1n) is 11.8. The molecule has 3 aromatic rings. The third-order valence-electron chi connectivity index (χ3n) is 6.52. The normalized spacial score (nSPS) is 17.5. The SMILES string of the molecule is CNC(=O)c1ccc(-c2cc(N3CCC(N4CCOCC4)CC3)nc(-c3ccncc3)n2)cn1. The lowest BCUT2D eigenvalue weighted by Crippen LogP contribution is -2.49. The van der Waals surface area contributed by atoms with E-state index in [1.807, 2.05) is 24.3 Å². The maximum Gasteiger partial charge on any atom is 0.269 e. The Morgan fingerprint density at radius 2 is 1.76 bits per heavy atom. The number of nitrogens with zero attached hydrogens (tertiary/aromatic N) is 6. The number of piperidine rings is 1. The largest absolute Gasteiger partial charge is 0.379 e. The van der Waals surface area contributed by atoms with Gasteiger partial charge in [-0.1, -0.05) is 0 Å². The number of anilines is 1. The van der Waals surface area contributed by atoms with Gasteiger partial charge in [-0.05, 0) is 37.1 Å². The van der Waals surface area contributed by atoms with Gasteiger partial charge in [0.05, 0.1) is 18.9 Å². The van der Waals surface area contributed by atoms with Crippen LogP contribution in [0.25, 0.3) is 22.6 Å². The van der Waals surface area contributed by atoms with E-state index in [0.717, 1.165) is 74.9 Å². The number of hydrogen-bond acceptors (Lipinski definition) is 8. The molecule has 0 saturated carbocycles. The number of aromatic nitrogens is 4. The summed E-state index contributed by atoms with van der Waals surface area (Å²) < 4.78 is 5.52. The number of morpholine rings is 1. The van der Waals surface area contributed by atoms with Crippen molar-refractivity contribution < 1.29 is 9.53 Å². The van der Waals surface area contributed by atoms with Crippen LogP contribution in [0.15, 0.2) is 48.9 Å². The monoisotopic (exact) mass is 459 g/mol. The van der Waals surface area contributed by atoms with Crippen molar-refractivity contribution >= 4 is 11.7 Å². The summed E-state index contributed by atoms with van der Waals surface area (Å²) in [5, 5.41) is 2.60. The smallest absolute Gasteiger partial charge is 0.269 e.